The van der Waals surface area contributed by atoms with Gasteiger partial charge in [0.15, 0.2) is 0 Å². The van der Waals surface area contributed by atoms with Crippen LogP contribution in [-0.4, -0.2) is 44.3 Å². The van der Waals surface area contributed by atoms with Crippen LogP contribution in [0.3, 0.4) is 0 Å². The van der Waals surface area contributed by atoms with Crippen LogP contribution in [0.4, 0.5) is 5.00 Å². The number of rotatable bonds is 6. The molecule has 0 bridgehead atoms. The zero-order chi connectivity index (χ0) is 17.7. The Morgan fingerprint density at radius 1 is 1.33 bits per heavy atom. The zero-order valence-electron chi connectivity index (χ0n) is 14.0. The minimum absolute atomic E-state index is 0.195. The maximum absolute atomic E-state index is 12.3. The van der Waals surface area contributed by atoms with Crippen LogP contribution in [0.25, 0.3) is 0 Å². The number of methoxy groups -OCH3 is 1. The van der Waals surface area contributed by atoms with Crippen molar-refractivity contribution in [2.75, 3.05) is 25.6 Å². The van der Waals surface area contributed by atoms with Gasteiger partial charge in [-0.05, 0) is 31.7 Å². The van der Waals surface area contributed by atoms with Crippen LogP contribution in [0.2, 0.25) is 0 Å². The van der Waals surface area contributed by atoms with Gasteiger partial charge >= 0.3 is 11.9 Å². The summed E-state index contributed by atoms with van der Waals surface area (Å²) in [6.07, 6.45) is 1.60. The molecule has 1 aliphatic rings. The Balaban J connectivity index is 2.31. The molecule has 8 heteroatoms. The molecule has 1 aromatic heterocycles. The second-order valence-corrected chi connectivity index (χ2v) is 6.40. The molecule has 2 heterocycles. The number of anilines is 1. The van der Waals surface area contributed by atoms with Crippen LogP contribution in [0.1, 0.15) is 51.8 Å². The molecule has 1 amide bonds. The molecule has 7 nitrogen and oxygen atoms in total. The van der Waals surface area contributed by atoms with Crippen LogP contribution in [-0.2, 0) is 19.0 Å². The van der Waals surface area contributed by atoms with E-state index in [1.807, 2.05) is 6.92 Å². The zero-order valence-corrected chi connectivity index (χ0v) is 14.8. The first kappa shape index (κ1) is 18.4. The number of nitrogens with one attached hydrogen (secondary N) is 1. The van der Waals surface area contributed by atoms with E-state index >= 15 is 0 Å². The van der Waals surface area contributed by atoms with Gasteiger partial charge in [0.25, 0.3) is 5.91 Å². The first-order chi connectivity index (χ1) is 11.5. The van der Waals surface area contributed by atoms with Gasteiger partial charge in [-0.1, -0.05) is 6.92 Å². The molecule has 2 rings (SSSR count). The summed E-state index contributed by atoms with van der Waals surface area (Å²) in [5, 5.41) is 2.98. The van der Waals surface area contributed by atoms with E-state index in [0.29, 0.717) is 25.0 Å². The van der Waals surface area contributed by atoms with Crippen molar-refractivity contribution in [1.29, 1.82) is 0 Å². The monoisotopic (exact) mass is 355 g/mol. The Morgan fingerprint density at radius 2 is 2.08 bits per heavy atom. The van der Waals surface area contributed by atoms with E-state index in [1.54, 1.807) is 6.92 Å². The van der Waals surface area contributed by atoms with Crippen molar-refractivity contribution in [2.24, 2.45) is 0 Å². The van der Waals surface area contributed by atoms with Crippen molar-refractivity contribution >= 4 is 34.2 Å². The Labute approximate surface area is 144 Å². The lowest BCUT2D eigenvalue weighted by atomic mass is 10.1. The maximum atomic E-state index is 12.3. The van der Waals surface area contributed by atoms with Crippen LogP contribution in [0.5, 0.6) is 0 Å². The molecule has 0 unspecified atom stereocenters. The van der Waals surface area contributed by atoms with Gasteiger partial charge in [-0.2, -0.15) is 0 Å². The van der Waals surface area contributed by atoms with Crippen molar-refractivity contribution in [3.05, 3.63) is 16.0 Å². The molecule has 1 aliphatic heterocycles. The molecule has 0 aromatic carbocycles. The summed E-state index contributed by atoms with van der Waals surface area (Å²) < 4.78 is 15.2. The lowest BCUT2D eigenvalue weighted by Crippen LogP contribution is -2.27. The first-order valence-electron chi connectivity index (χ1n) is 7.80. The minimum atomic E-state index is -0.566. The Bertz CT molecular complexity index is 633. The Hall–Kier alpha value is -1.93. The van der Waals surface area contributed by atoms with Gasteiger partial charge in [0.2, 0.25) is 0 Å². The quantitative estimate of drug-likeness (QED) is 0.789. The summed E-state index contributed by atoms with van der Waals surface area (Å²) in [5.74, 6) is -1.45. The Kier molecular flexibility index (Phi) is 6.33. The summed E-state index contributed by atoms with van der Waals surface area (Å²) in [6.45, 7) is 4.32. The molecule has 24 heavy (non-hydrogen) atoms. The maximum Gasteiger partial charge on any atom is 0.348 e. The second kappa shape index (κ2) is 8.25. The second-order valence-electron chi connectivity index (χ2n) is 5.38. The van der Waals surface area contributed by atoms with Gasteiger partial charge in [-0.15, -0.1) is 11.3 Å². The Morgan fingerprint density at radius 3 is 2.67 bits per heavy atom. The minimum Gasteiger partial charge on any atom is -0.465 e. The standard InChI is InChI=1S/C16H21NO6S/c1-4-7-23-15(19)11-9(2)12(16(20)21-3)24-14(11)17-13(18)10-6-5-8-22-10/h10H,4-8H2,1-3H3,(H,17,18)/t10-/m1/s1. The van der Waals surface area contributed by atoms with E-state index in [1.165, 1.54) is 7.11 Å². The fraction of sp³-hybridized carbons (Fsp3) is 0.562. The number of hydrogen-bond acceptors (Lipinski definition) is 7. The van der Waals surface area contributed by atoms with Crippen molar-refractivity contribution in [3.63, 3.8) is 0 Å². The average molecular weight is 355 g/mol. The molecule has 1 fully saturated rings. The molecular formula is C16H21NO6S. The fourth-order valence-corrected chi connectivity index (χ4v) is 3.49. The number of thiophene rings is 1. The largest absolute Gasteiger partial charge is 0.465 e. The van der Waals surface area contributed by atoms with Crippen LogP contribution < -0.4 is 5.32 Å². The third kappa shape index (κ3) is 3.93. The number of carbonyl (C=O) groups excluding carboxylic acids is 3. The number of hydrogen-bond donors (Lipinski definition) is 1. The first-order valence-corrected chi connectivity index (χ1v) is 8.62. The number of amides is 1. The van der Waals surface area contributed by atoms with Gasteiger partial charge in [-0.3, -0.25) is 4.79 Å². The normalized spacial score (nSPS) is 16.7. The van der Waals surface area contributed by atoms with Crippen molar-refractivity contribution in [2.45, 2.75) is 39.2 Å². The molecule has 1 atom stereocenters. The third-order valence-electron chi connectivity index (χ3n) is 3.62. The highest BCUT2D eigenvalue weighted by Gasteiger charge is 2.30. The molecule has 0 saturated carbocycles. The van der Waals surface area contributed by atoms with Gasteiger partial charge in [-0.25, -0.2) is 9.59 Å². The van der Waals surface area contributed by atoms with Gasteiger partial charge < -0.3 is 19.5 Å². The van der Waals surface area contributed by atoms with E-state index < -0.39 is 18.0 Å². The van der Waals surface area contributed by atoms with Gasteiger partial charge in [0.1, 0.15) is 16.0 Å². The topological polar surface area (TPSA) is 90.9 Å². The predicted octanol–water partition coefficient (Wildman–Crippen LogP) is 2.53. The van der Waals surface area contributed by atoms with E-state index in [9.17, 15) is 14.4 Å². The lowest BCUT2D eigenvalue weighted by Gasteiger charge is -2.11. The van der Waals surface area contributed by atoms with Crippen molar-refractivity contribution in [3.8, 4) is 0 Å². The van der Waals surface area contributed by atoms with Crippen molar-refractivity contribution in [1.82, 2.24) is 0 Å². The predicted molar refractivity (Wildman–Crippen MR) is 88.6 cm³/mol. The summed E-state index contributed by atoms with van der Waals surface area (Å²) in [5.41, 5.74) is 0.635. The molecule has 1 saturated heterocycles. The lowest BCUT2D eigenvalue weighted by molar-refractivity contribution is -0.124. The highest BCUT2D eigenvalue weighted by atomic mass is 32.1. The van der Waals surface area contributed by atoms with Crippen LogP contribution >= 0.6 is 11.3 Å². The van der Waals surface area contributed by atoms with Crippen molar-refractivity contribution < 1.29 is 28.6 Å². The summed E-state index contributed by atoms with van der Waals surface area (Å²) in [6, 6.07) is 0. The average Bonchev–Trinajstić information content (AvgIpc) is 3.20. The molecule has 0 aliphatic carbocycles. The van der Waals surface area contributed by atoms with Gasteiger partial charge in [0.05, 0.1) is 19.3 Å². The highest BCUT2D eigenvalue weighted by Crippen LogP contribution is 2.34. The van der Waals surface area contributed by atoms with E-state index in [-0.39, 0.29) is 28.0 Å². The van der Waals surface area contributed by atoms with Gasteiger partial charge in [0, 0.05) is 6.61 Å². The van der Waals surface area contributed by atoms with Crippen LogP contribution in [0.15, 0.2) is 0 Å². The van der Waals surface area contributed by atoms with E-state index in [2.05, 4.69) is 5.32 Å². The number of carbonyl (C=O) groups is 3. The summed E-state index contributed by atoms with van der Waals surface area (Å²) >= 11 is 1.00. The molecule has 132 valence electrons. The summed E-state index contributed by atoms with van der Waals surface area (Å²) in [4.78, 5) is 36.7. The van der Waals surface area contributed by atoms with E-state index in [4.69, 9.17) is 14.2 Å². The smallest absolute Gasteiger partial charge is 0.348 e. The molecule has 0 spiro atoms. The SMILES string of the molecule is CCCOC(=O)c1c(NC(=O)[C@H]2CCCO2)sc(C(=O)OC)c1C. The molecule has 1 N–H and O–H groups in total. The third-order valence-corrected chi connectivity index (χ3v) is 4.81. The molecule has 1 aromatic rings. The number of esters is 2. The molecule has 0 radical (unpaired) electrons. The molecular weight excluding hydrogens is 334 g/mol. The number of ether oxygens (including phenoxy) is 3. The fourth-order valence-electron chi connectivity index (χ4n) is 2.38. The highest BCUT2D eigenvalue weighted by molar-refractivity contribution is 7.18. The van der Waals surface area contributed by atoms with E-state index in [0.717, 1.165) is 17.8 Å². The van der Waals surface area contributed by atoms with Crippen LogP contribution in [0, 0.1) is 6.92 Å². The summed E-state index contributed by atoms with van der Waals surface area (Å²) in [7, 11) is 1.27.